The highest BCUT2D eigenvalue weighted by Gasteiger charge is 2.27. The van der Waals surface area contributed by atoms with Crippen LogP contribution in [-0.4, -0.2) is 20.9 Å². The van der Waals surface area contributed by atoms with Crippen molar-refractivity contribution in [1.29, 1.82) is 0 Å². The van der Waals surface area contributed by atoms with Crippen molar-refractivity contribution >= 4 is 17.0 Å². The van der Waals surface area contributed by atoms with Crippen molar-refractivity contribution < 1.29 is 24.5 Å². The molecule has 0 aliphatic carbocycles. The first-order chi connectivity index (χ1) is 11.3. The van der Waals surface area contributed by atoms with E-state index in [-0.39, 0.29) is 17.2 Å². The van der Waals surface area contributed by atoms with E-state index in [1.54, 1.807) is 12.1 Å². The molecular formula is C19H16O5. The average molecular weight is 324 g/mol. The Bertz CT molecular complexity index is 974. The number of phenolic OH excluding ortho intramolecular Hbond substituents is 3. The van der Waals surface area contributed by atoms with Crippen molar-refractivity contribution in [1.82, 2.24) is 0 Å². The van der Waals surface area contributed by atoms with Crippen LogP contribution in [-0.2, 0) is 0 Å². The molecule has 2 aromatic carbocycles. The van der Waals surface area contributed by atoms with Crippen LogP contribution in [0.5, 0.6) is 23.0 Å². The Kier molecular flexibility index (Phi) is 2.85. The van der Waals surface area contributed by atoms with Gasteiger partial charge in [-0.05, 0) is 50.3 Å². The van der Waals surface area contributed by atoms with Crippen LogP contribution in [0.3, 0.4) is 0 Å². The van der Waals surface area contributed by atoms with Gasteiger partial charge in [0.25, 0.3) is 0 Å². The van der Waals surface area contributed by atoms with Crippen molar-refractivity contribution in [2.45, 2.75) is 19.4 Å². The van der Waals surface area contributed by atoms with E-state index in [1.807, 2.05) is 26.0 Å². The largest absolute Gasteiger partial charge is 0.508 e. The molecule has 1 aromatic heterocycles. The SMILES string of the molecule is CC1(C)C=Cc2c(c(O)cc3cc(-c4cc(O)cc(O)c4)oc23)O1. The Balaban J connectivity index is 1.94. The van der Waals surface area contributed by atoms with Gasteiger partial charge in [0.1, 0.15) is 28.4 Å². The Hall–Kier alpha value is -3.08. The molecule has 0 unspecified atom stereocenters. The number of hydrogen-bond donors (Lipinski definition) is 3. The van der Waals surface area contributed by atoms with E-state index in [2.05, 4.69) is 0 Å². The van der Waals surface area contributed by atoms with Crippen LogP contribution in [0.2, 0.25) is 0 Å². The summed E-state index contributed by atoms with van der Waals surface area (Å²) in [5.74, 6) is 0.790. The fraction of sp³-hybridized carbons (Fsp3) is 0.158. The summed E-state index contributed by atoms with van der Waals surface area (Å²) in [6.07, 6.45) is 3.77. The molecule has 2 heterocycles. The van der Waals surface area contributed by atoms with E-state index in [0.717, 1.165) is 0 Å². The van der Waals surface area contributed by atoms with Gasteiger partial charge in [0.05, 0.1) is 5.56 Å². The van der Waals surface area contributed by atoms with Gasteiger partial charge in [-0.25, -0.2) is 0 Å². The first kappa shape index (κ1) is 14.5. The number of phenols is 3. The van der Waals surface area contributed by atoms with Gasteiger partial charge in [-0.1, -0.05) is 0 Å². The second-order valence-corrected chi connectivity index (χ2v) is 6.44. The molecule has 0 saturated carbocycles. The van der Waals surface area contributed by atoms with Crippen LogP contribution in [0, 0.1) is 0 Å². The quantitative estimate of drug-likeness (QED) is 0.618. The van der Waals surface area contributed by atoms with Crippen LogP contribution in [0.25, 0.3) is 28.4 Å². The molecule has 122 valence electrons. The zero-order valence-electron chi connectivity index (χ0n) is 13.2. The van der Waals surface area contributed by atoms with Crippen molar-refractivity contribution in [3.63, 3.8) is 0 Å². The zero-order chi connectivity index (χ0) is 17.1. The molecule has 24 heavy (non-hydrogen) atoms. The fourth-order valence-corrected chi connectivity index (χ4v) is 2.90. The number of aromatic hydroxyl groups is 3. The summed E-state index contributed by atoms with van der Waals surface area (Å²) in [6, 6.07) is 7.58. The summed E-state index contributed by atoms with van der Waals surface area (Å²) in [5, 5.41) is 30.3. The topological polar surface area (TPSA) is 83.1 Å². The standard InChI is InChI=1S/C19H16O5/c1-19(2)4-3-14-17-11(7-15(22)18(14)24-19)8-16(23-17)10-5-12(20)9-13(21)6-10/h3-9,20-22H,1-2H3. The van der Waals surface area contributed by atoms with Gasteiger partial charge in [0.2, 0.25) is 0 Å². The molecule has 0 bridgehead atoms. The summed E-state index contributed by atoms with van der Waals surface area (Å²) >= 11 is 0. The van der Waals surface area contributed by atoms with E-state index < -0.39 is 5.60 Å². The number of benzene rings is 2. The van der Waals surface area contributed by atoms with Crippen LogP contribution in [0.15, 0.2) is 40.8 Å². The molecule has 1 aliphatic heterocycles. The molecule has 5 nitrogen and oxygen atoms in total. The lowest BCUT2D eigenvalue weighted by Crippen LogP contribution is -2.27. The van der Waals surface area contributed by atoms with Gasteiger partial charge >= 0.3 is 0 Å². The lowest BCUT2D eigenvalue weighted by molar-refractivity contribution is 0.153. The molecule has 0 atom stereocenters. The van der Waals surface area contributed by atoms with Crippen molar-refractivity contribution in [2.75, 3.05) is 0 Å². The molecular weight excluding hydrogens is 308 g/mol. The zero-order valence-corrected chi connectivity index (χ0v) is 13.2. The van der Waals surface area contributed by atoms with Crippen LogP contribution in [0.4, 0.5) is 0 Å². The maximum absolute atomic E-state index is 10.3. The van der Waals surface area contributed by atoms with Crippen LogP contribution < -0.4 is 4.74 Å². The molecule has 0 saturated heterocycles. The minimum Gasteiger partial charge on any atom is -0.508 e. The number of furan rings is 1. The minimum absolute atomic E-state index is 0.0426. The summed E-state index contributed by atoms with van der Waals surface area (Å²) in [6.45, 7) is 3.80. The number of hydrogen-bond acceptors (Lipinski definition) is 5. The highest BCUT2D eigenvalue weighted by molar-refractivity contribution is 5.94. The smallest absolute Gasteiger partial charge is 0.173 e. The molecule has 0 spiro atoms. The van der Waals surface area contributed by atoms with Gasteiger partial charge in [0.15, 0.2) is 11.5 Å². The Morgan fingerprint density at radius 2 is 1.62 bits per heavy atom. The normalized spacial score (nSPS) is 15.2. The summed E-state index contributed by atoms with van der Waals surface area (Å²) < 4.78 is 11.8. The van der Waals surface area contributed by atoms with Crippen LogP contribution >= 0.6 is 0 Å². The predicted molar refractivity (Wildman–Crippen MR) is 90.4 cm³/mol. The Morgan fingerprint density at radius 1 is 0.917 bits per heavy atom. The van der Waals surface area contributed by atoms with Gasteiger partial charge in [0, 0.05) is 17.0 Å². The van der Waals surface area contributed by atoms with E-state index in [9.17, 15) is 15.3 Å². The van der Waals surface area contributed by atoms with Crippen molar-refractivity contribution in [2.24, 2.45) is 0 Å². The number of ether oxygens (including phenoxy) is 1. The molecule has 1 aliphatic rings. The lowest BCUT2D eigenvalue weighted by Gasteiger charge is -2.28. The third kappa shape index (κ3) is 2.25. The minimum atomic E-state index is -0.509. The molecule has 5 heteroatoms. The van der Waals surface area contributed by atoms with E-state index in [0.29, 0.717) is 33.6 Å². The Labute approximate surface area is 138 Å². The van der Waals surface area contributed by atoms with E-state index in [1.165, 1.54) is 18.2 Å². The highest BCUT2D eigenvalue weighted by atomic mass is 16.5. The summed E-state index contributed by atoms with van der Waals surface area (Å²) in [4.78, 5) is 0. The molecule has 3 aromatic rings. The van der Waals surface area contributed by atoms with Crippen molar-refractivity contribution in [3.05, 3.63) is 42.0 Å². The summed E-state index contributed by atoms with van der Waals surface area (Å²) in [5.41, 5.74) is 1.27. The lowest BCUT2D eigenvalue weighted by atomic mass is 10.0. The second kappa shape index (κ2) is 4.71. The first-order valence-corrected chi connectivity index (χ1v) is 7.53. The predicted octanol–water partition coefficient (Wildman–Crippen LogP) is 4.40. The van der Waals surface area contributed by atoms with Gasteiger partial charge in [-0.15, -0.1) is 0 Å². The monoisotopic (exact) mass is 324 g/mol. The van der Waals surface area contributed by atoms with Gasteiger partial charge < -0.3 is 24.5 Å². The maximum atomic E-state index is 10.3. The average Bonchev–Trinajstić information content (AvgIpc) is 2.89. The molecule has 0 radical (unpaired) electrons. The maximum Gasteiger partial charge on any atom is 0.173 e. The first-order valence-electron chi connectivity index (χ1n) is 7.53. The summed E-state index contributed by atoms with van der Waals surface area (Å²) in [7, 11) is 0. The van der Waals surface area contributed by atoms with Gasteiger partial charge in [-0.2, -0.15) is 0 Å². The fourth-order valence-electron chi connectivity index (χ4n) is 2.90. The van der Waals surface area contributed by atoms with Gasteiger partial charge in [-0.3, -0.25) is 0 Å². The second-order valence-electron chi connectivity index (χ2n) is 6.44. The third-order valence-electron chi connectivity index (χ3n) is 3.98. The van der Waals surface area contributed by atoms with Crippen LogP contribution in [0.1, 0.15) is 19.4 Å². The molecule has 0 amide bonds. The number of rotatable bonds is 1. The highest BCUT2D eigenvalue weighted by Crippen LogP contribution is 2.45. The molecule has 3 N–H and O–H groups in total. The molecule has 0 fully saturated rings. The third-order valence-corrected chi connectivity index (χ3v) is 3.98. The molecule has 4 rings (SSSR count). The van der Waals surface area contributed by atoms with E-state index >= 15 is 0 Å². The van der Waals surface area contributed by atoms with E-state index in [4.69, 9.17) is 9.15 Å². The Morgan fingerprint density at radius 3 is 2.33 bits per heavy atom. The number of fused-ring (bicyclic) bond motifs is 3. The van der Waals surface area contributed by atoms with Crippen molar-refractivity contribution in [3.8, 4) is 34.3 Å².